The standard InChI is InChI=1S/C15H24N2O2/c1-4-7-15(2,3)11-17-14(19)12-5-8-16-13(10-12)6-9-18/h5,8,10,18H,4,6-7,9,11H2,1-3H3,(H,17,19). The second-order valence-corrected chi connectivity index (χ2v) is 5.61. The van der Waals surface area contributed by atoms with Crippen molar-refractivity contribution in [3.05, 3.63) is 29.6 Å². The molecule has 1 amide bonds. The normalized spacial score (nSPS) is 11.4. The van der Waals surface area contributed by atoms with Crippen LogP contribution in [0.5, 0.6) is 0 Å². The lowest BCUT2D eigenvalue weighted by Crippen LogP contribution is -2.34. The van der Waals surface area contributed by atoms with E-state index in [0.717, 1.165) is 18.5 Å². The smallest absolute Gasteiger partial charge is 0.251 e. The summed E-state index contributed by atoms with van der Waals surface area (Å²) in [5.74, 6) is -0.0780. The highest BCUT2D eigenvalue weighted by molar-refractivity contribution is 5.94. The van der Waals surface area contributed by atoms with E-state index in [0.29, 0.717) is 18.5 Å². The SMILES string of the molecule is CCCC(C)(C)CNC(=O)c1ccnc(CCO)c1. The molecule has 0 aliphatic carbocycles. The van der Waals surface area contributed by atoms with Gasteiger partial charge in [-0.15, -0.1) is 0 Å². The number of aliphatic hydroxyl groups excluding tert-OH is 1. The summed E-state index contributed by atoms with van der Waals surface area (Å²) < 4.78 is 0. The topological polar surface area (TPSA) is 62.2 Å². The minimum Gasteiger partial charge on any atom is -0.396 e. The fourth-order valence-corrected chi connectivity index (χ4v) is 2.06. The molecule has 0 aliphatic heterocycles. The van der Waals surface area contributed by atoms with Crippen LogP contribution in [-0.4, -0.2) is 29.1 Å². The quantitative estimate of drug-likeness (QED) is 0.793. The summed E-state index contributed by atoms with van der Waals surface area (Å²) in [7, 11) is 0. The van der Waals surface area contributed by atoms with Gasteiger partial charge in [0.1, 0.15) is 0 Å². The fourth-order valence-electron chi connectivity index (χ4n) is 2.06. The third kappa shape index (κ3) is 5.39. The predicted octanol–water partition coefficient (Wildman–Crippen LogP) is 2.17. The number of aliphatic hydroxyl groups is 1. The number of hydrogen-bond acceptors (Lipinski definition) is 3. The summed E-state index contributed by atoms with van der Waals surface area (Å²) >= 11 is 0. The van der Waals surface area contributed by atoms with Gasteiger partial charge in [0, 0.05) is 37.0 Å². The fraction of sp³-hybridized carbons (Fsp3) is 0.600. The molecule has 106 valence electrons. The van der Waals surface area contributed by atoms with Crippen molar-refractivity contribution in [2.45, 2.75) is 40.0 Å². The van der Waals surface area contributed by atoms with Crippen LogP contribution in [0, 0.1) is 5.41 Å². The van der Waals surface area contributed by atoms with Gasteiger partial charge in [0.15, 0.2) is 0 Å². The molecule has 1 aromatic rings. The third-order valence-electron chi connectivity index (χ3n) is 3.10. The summed E-state index contributed by atoms with van der Waals surface area (Å²) in [6.07, 6.45) is 4.28. The van der Waals surface area contributed by atoms with Crippen molar-refractivity contribution in [3.63, 3.8) is 0 Å². The van der Waals surface area contributed by atoms with Gasteiger partial charge in [-0.05, 0) is 24.0 Å². The molecule has 19 heavy (non-hydrogen) atoms. The van der Waals surface area contributed by atoms with Crippen molar-refractivity contribution in [2.24, 2.45) is 5.41 Å². The highest BCUT2D eigenvalue weighted by atomic mass is 16.3. The van der Waals surface area contributed by atoms with Crippen LogP contribution in [-0.2, 0) is 6.42 Å². The van der Waals surface area contributed by atoms with Crippen LogP contribution in [0.2, 0.25) is 0 Å². The van der Waals surface area contributed by atoms with E-state index in [2.05, 4.69) is 31.1 Å². The number of nitrogens with zero attached hydrogens (tertiary/aromatic N) is 1. The highest BCUT2D eigenvalue weighted by Crippen LogP contribution is 2.20. The van der Waals surface area contributed by atoms with Gasteiger partial charge in [0.05, 0.1) is 0 Å². The molecule has 0 aromatic carbocycles. The van der Waals surface area contributed by atoms with E-state index in [9.17, 15) is 4.79 Å². The first-order chi connectivity index (χ1) is 8.98. The molecule has 0 aliphatic rings. The zero-order valence-electron chi connectivity index (χ0n) is 12.1. The molecule has 0 atom stereocenters. The molecule has 0 unspecified atom stereocenters. The van der Waals surface area contributed by atoms with Crippen LogP contribution in [0.25, 0.3) is 0 Å². The van der Waals surface area contributed by atoms with E-state index in [-0.39, 0.29) is 17.9 Å². The average molecular weight is 264 g/mol. The first-order valence-electron chi connectivity index (χ1n) is 6.82. The number of carbonyl (C=O) groups excluding carboxylic acids is 1. The average Bonchev–Trinajstić information content (AvgIpc) is 2.37. The Morgan fingerprint density at radius 2 is 2.21 bits per heavy atom. The Hall–Kier alpha value is -1.42. The van der Waals surface area contributed by atoms with Gasteiger partial charge in [-0.2, -0.15) is 0 Å². The second kappa shape index (κ2) is 7.24. The van der Waals surface area contributed by atoms with Gasteiger partial charge in [0.25, 0.3) is 5.91 Å². The van der Waals surface area contributed by atoms with Gasteiger partial charge in [-0.25, -0.2) is 0 Å². The maximum atomic E-state index is 12.1. The molecular formula is C15H24N2O2. The Balaban J connectivity index is 2.60. The largest absolute Gasteiger partial charge is 0.396 e. The van der Waals surface area contributed by atoms with Crippen molar-refractivity contribution in [1.29, 1.82) is 0 Å². The number of nitrogens with one attached hydrogen (secondary N) is 1. The molecule has 4 nitrogen and oxygen atoms in total. The number of hydrogen-bond donors (Lipinski definition) is 2. The Labute approximate surface area is 115 Å². The minimum atomic E-state index is -0.0780. The molecule has 0 bridgehead atoms. The van der Waals surface area contributed by atoms with Crippen LogP contribution >= 0.6 is 0 Å². The summed E-state index contributed by atoms with van der Waals surface area (Å²) in [6.45, 7) is 7.16. The van der Waals surface area contributed by atoms with E-state index in [1.165, 1.54) is 0 Å². The van der Waals surface area contributed by atoms with Crippen LogP contribution in [0.4, 0.5) is 0 Å². The number of pyridine rings is 1. The van der Waals surface area contributed by atoms with Crippen LogP contribution in [0.3, 0.4) is 0 Å². The van der Waals surface area contributed by atoms with E-state index in [1.807, 2.05) is 0 Å². The first kappa shape index (κ1) is 15.6. The molecule has 0 spiro atoms. The number of aromatic nitrogens is 1. The Bertz CT molecular complexity index is 416. The predicted molar refractivity (Wildman–Crippen MR) is 76.0 cm³/mol. The van der Waals surface area contributed by atoms with Gasteiger partial charge < -0.3 is 10.4 Å². The first-order valence-corrected chi connectivity index (χ1v) is 6.82. The summed E-state index contributed by atoms with van der Waals surface area (Å²) in [4.78, 5) is 16.2. The second-order valence-electron chi connectivity index (χ2n) is 5.61. The third-order valence-corrected chi connectivity index (χ3v) is 3.10. The zero-order chi connectivity index (χ0) is 14.3. The number of carbonyl (C=O) groups is 1. The maximum Gasteiger partial charge on any atom is 0.251 e. The molecule has 0 radical (unpaired) electrons. The molecular weight excluding hydrogens is 240 g/mol. The van der Waals surface area contributed by atoms with Crippen LogP contribution in [0.15, 0.2) is 18.3 Å². The molecule has 1 rings (SSSR count). The Kier molecular flexibility index (Phi) is 5.96. The van der Waals surface area contributed by atoms with Crippen LogP contribution in [0.1, 0.15) is 49.7 Å². The molecule has 1 aromatic heterocycles. The van der Waals surface area contributed by atoms with Crippen molar-refractivity contribution in [2.75, 3.05) is 13.2 Å². The molecule has 0 saturated carbocycles. The molecule has 1 heterocycles. The van der Waals surface area contributed by atoms with Crippen molar-refractivity contribution in [1.82, 2.24) is 10.3 Å². The molecule has 4 heteroatoms. The lowest BCUT2D eigenvalue weighted by molar-refractivity contribution is 0.0934. The van der Waals surface area contributed by atoms with E-state index in [1.54, 1.807) is 18.3 Å². The number of rotatable bonds is 7. The lowest BCUT2D eigenvalue weighted by Gasteiger charge is -2.24. The molecule has 2 N–H and O–H groups in total. The van der Waals surface area contributed by atoms with Crippen LogP contribution < -0.4 is 5.32 Å². The van der Waals surface area contributed by atoms with Crippen molar-refractivity contribution < 1.29 is 9.90 Å². The summed E-state index contributed by atoms with van der Waals surface area (Å²) in [5, 5.41) is 11.8. The molecule has 0 saturated heterocycles. The monoisotopic (exact) mass is 264 g/mol. The molecule has 0 fully saturated rings. The van der Waals surface area contributed by atoms with Gasteiger partial charge in [-0.1, -0.05) is 27.2 Å². The summed E-state index contributed by atoms with van der Waals surface area (Å²) in [6, 6.07) is 3.43. The van der Waals surface area contributed by atoms with E-state index in [4.69, 9.17) is 5.11 Å². The maximum absolute atomic E-state index is 12.1. The van der Waals surface area contributed by atoms with Crippen molar-refractivity contribution >= 4 is 5.91 Å². The minimum absolute atomic E-state index is 0.0433. The van der Waals surface area contributed by atoms with Crippen molar-refractivity contribution in [3.8, 4) is 0 Å². The number of amides is 1. The van der Waals surface area contributed by atoms with E-state index >= 15 is 0 Å². The zero-order valence-corrected chi connectivity index (χ0v) is 12.1. The Morgan fingerprint density at radius 3 is 2.84 bits per heavy atom. The highest BCUT2D eigenvalue weighted by Gasteiger charge is 2.18. The van der Waals surface area contributed by atoms with Gasteiger partial charge in [-0.3, -0.25) is 9.78 Å². The summed E-state index contributed by atoms with van der Waals surface area (Å²) in [5.41, 5.74) is 1.46. The van der Waals surface area contributed by atoms with E-state index < -0.39 is 0 Å². The van der Waals surface area contributed by atoms with Gasteiger partial charge in [0.2, 0.25) is 0 Å². The lowest BCUT2D eigenvalue weighted by atomic mass is 9.88. The van der Waals surface area contributed by atoms with Gasteiger partial charge >= 0.3 is 0 Å². The Morgan fingerprint density at radius 1 is 1.47 bits per heavy atom.